The van der Waals surface area contributed by atoms with Crippen molar-refractivity contribution >= 4 is 17.4 Å². The van der Waals surface area contributed by atoms with Gasteiger partial charge < -0.3 is 0 Å². The summed E-state index contributed by atoms with van der Waals surface area (Å²) in [6.45, 7) is 0. The average molecular weight is 227 g/mol. The Bertz CT molecular complexity index is 389. The van der Waals surface area contributed by atoms with Gasteiger partial charge >= 0.3 is 0 Å². The summed E-state index contributed by atoms with van der Waals surface area (Å²) in [5.41, 5.74) is 0.780. The van der Waals surface area contributed by atoms with Crippen molar-refractivity contribution in [3.8, 4) is 0 Å². The first-order valence-electron chi connectivity index (χ1n) is 5.16. The second-order valence-corrected chi connectivity index (χ2v) is 4.34. The largest absolute Gasteiger partial charge is 0.299 e. The monoisotopic (exact) mass is 226 g/mol. The van der Waals surface area contributed by atoms with E-state index in [0.29, 0.717) is 11.4 Å². The standard InChI is InChI=1S/C12H12ClFO/c13-11-7-8(14)5-6-9(11)10-3-1-2-4-12(10)15/h5-7,10H,1-4H2. The molecule has 3 heteroatoms. The Labute approximate surface area is 93.2 Å². The zero-order valence-electron chi connectivity index (χ0n) is 8.30. The highest BCUT2D eigenvalue weighted by molar-refractivity contribution is 6.31. The minimum atomic E-state index is -0.355. The molecule has 0 radical (unpaired) electrons. The summed E-state index contributed by atoms with van der Waals surface area (Å²) in [5, 5.41) is 0.371. The van der Waals surface area contributed by atoms with Crippen LogP contribution in [0.25, 0.3) is 0 Å². The van der Waals surface area contributed by atoms with Crippen LogP contribution in [-0.2, 0) is 4.79 Å². The lowest BCUT2D eigenvalue weighted by Gasteiger charge is -2.21. The maximum absolute atomic E-state index is 12.8. The molecule has 1 nitrogen and oxygen atoms in total. The van der Waals surface area contributed by atoms with E-state index in [0.717, 1.165) is 24.8 Å². The lowest BCUT2D eigenvalue weighted by molar-refractivity contribution is -0.121. The van der Waals surface area contributed by atoms with Gasteiger partial charge in [0, 0.05) is 17.4 Å². The van der Waals surface area contributed by atoms with Crippen LogP contribution in [-0.4, -0.2) is 5.78 Å². The van der Waals surface area contributed by atoms with E-state index in [9.17, 15) is 9.18 Å². The molecule has 0 N–H and O–H groups in total. The maximum Gasteiger partial charge on any atom is 0.140 e. The van der Waals surface area contributed by atoms with Crippen molar-refractivity contribution < 1.29 is 9.18 Å². The van der Waals surface area contributed by atoms with Crippen LogP contribution in [0.5, 0.6) is 0 Å². The van der Waals surface area contributed by atoms with Crippen LogP contribution < -0.4 is 0 Å². The Morgan fingerprint density at radius 1 is 1.33 bits per heavy atom. The predicted molar refractivity (Wildman–Crippen MR) is 57.6 cm³/mol. The van der Waals surface area contributed by atoms with Gasteiger partial charge in [-0.3, -0.25) is 4.79 Å². The summed E-state index contributed by atoms with van der Waals surface area (Å²) in [5.74, 6) is -0.242. The smallest absolute Gasteiger partial charge is 0.140 e. The molecule has 1 atom stereocenters. The van der Waals surface area contributed by atoms with Gasteiger partial charge in [0.15, 0.2) is 0 Å². The highest BCUT2D eigenvalue weighted by Crippen LogP contribution is 2.34. The molecular formula is C12H12ClFO. The van der Waals surface area contributed by atoms with E-state index in [1.165, 1.54) is 12.1 Å². The van der Waals surface area contributed by atoms with Crippen LogP contribution in [0.3, 0.4) is 0 Å². The fourth-order valence-electron chi connectivity index (χ4n) is 2.10. The van der Waals surface area contributed by atoms with E-state index >= 15 is 0 Å². The number of carbonyl (C=O) groups excluding carboxylic acids is 1. The summed E-state index contributed by atoms with van der Waals surface area (Å²) in [6.07, 6.45) is 3.47. The van der Waals surface area contributed by atoms with Crippen molar-refractivity contribution in [2.75, 3.05) is 0 Å². The highest BCUT2D eigenvalue weighted by Gasteiger charge is 2.25. The molecule has 1 aliphatic carbocycles. The number of rotatable bonds is 1. The third-order valence-corrected chi connectivity index (χ3v) is 3.22. The first kappa shape index (κ1) is 10.6. The van der Waals surface area contributed by atoms with Crippen molar-refractivity contribution in [1.29, 1.82) is 0 Å². The highest BCUT2D eigenvalue weighted by atomic mass is 35.5. The fourth-order valence-corrected chi connectivity index (χ4v) is 2.39. The van der Waals surface area contributed by atoms with Crippen molar-refractivity contribution in [3.63, 3.8) is 0 Å². The molecule has 1 aliphatic rings. The minimum absolute atomic E-state index is 0.119. The number of carbonyl (C=O) groups is 1. The lowest BCUT2D eigenvalue weighted by atomic mass is 9.83. The van der Waals surface area contributed by atoms with Gasteiger partial charge in [0.05, 0.1) is 0 Å². The zero-order chi connectivity index (χ0) is 10.8. The normalized spacial score (nSPS) is 21.7. The van der Waals surface area contributed by atoms with Crippen LogP contribution in [0.4, 0.5) is 4.39 Å². The number of hydrogen-bond acceptors (Lipinski definition) is 1. The molecule has 0 amide bonds. The molecule has 0 bridgehead atoms. The van der Waals surface area contributed by atoms with Crippen LogP contribution in [0, 0.1) is 5.82 Å². The number of hydrogen-bond donors (Lipinski definition) is 0. The van der Waals surface area contributed by atoms with E-state index in [1.807, 2.05) is 0 Å². The number of Topliss-reactive ketones (excluding diaryl/α,β-unsaturated/α-hetero) is 1. The lowest BCUT2D eigenvalue weighted by Crippen LogP contribution is -2.17. The SMILES string of the molecule is O=C1CCCCC1c1ccc(F)cc1Cl. The third kappa shape index (κ3) is 2.20. The molecule has 80 valence electrons. The van der Waals surface area contributed by atoms with Crippen LogP contribution in [0.1, 0.15) is 37.2 Å². The van der Waals surface area contributed by atoms with Gasteiger partial charge in [0.25, 0.3) is 0 Å². The Morgan fingerprint density at radius 3 is 2.80 bits per heavy atom. The van der Waals surface area contributed by atoms with E-state index in [2.05, 4.69) is 0 Å². The summed E-state index contributed by atoms with van der Waals surface area (Å²) >= 11 is 5.94. The topological polar surface area (TPSA) is 17.1 Å². The van der Waals surface area contributed by atoms with Crippen LogP contribution in [0.2, 0.25) is 5.02 Å². The molecule has 15 heavy (non-hydrogen) atoms. The molecule has 0 heterocycles. The van der Waals surface area contributed by atoms with E-state index in [-0.39, 0.29) is 17.5 Å². The van der Waals surface area contributed by atoms with Crippen LogP contribution in [0.15, 0.2) is 18.2 Å². The Hall–Kier alpha value is -0.890. The van der Waals surface area contributed by atoms with Crippen molar-refractivity contribution in [1.82, 2.24) is 0 Å². The number of benzene rings is 1. The Kier molecular flexibility index (Phi) is 3.06. The predicted octanol–water partition coefficient (Wildman–Crippen LogP) is 3.71. The van der Waals surface area contributed by atoms with E-state index < -0.39 is 0 Å². The number of ketones is 1. The molecule has 0 aromatic heterocycles. The first-order chi connectivity index (χ1) is 7.18. The van der Waals surface area contributed by atoms with E-state index in [4.69, 9.17) is 11.6 Å². The third-order valence-electron chi connectivity index (χ3n) is 2.89. The van der Waals surface area contributed by atoms with Gasteiger partial charge in [-0.05, 0) is 30.5 Å². The molecule has 1 aromatic rings. The summed E-state index contributed by atoms with van der Waals surface area (Å²) < 4.78 is 12.8. The Balaban J connectivity index is 2.31. The molecular weight excluding hydrogens is 215 g/mol. The van der Waals surface area contributed by atoms with Gasteiger partial charge in [-0.25, -0.2) is 4.39 Å². The summed E-state index contributed by atoms with van der Waals surface area (Å²) in [6, 6.07) is 4.27. The maximum atomic E-state index is 12.8. The molecule has 0 aliphatic heterocycles. The fraction of sp³-hybridized carbons (Fsp3) is 0.417. The summed E-state index contributed by atoms with van der Waals surface area (Å²) in [4.78, 5) is 11.7. The molecule has 1 unspecified atom stereocenters. The average Bonchev–Trinajstić information content (AvgIpc) is 2.20. The molecule has 0 saturated heterocycles. The van der Waals surface area contributed by atoms with Crippen LogP contribution >= 0.6 is 11.6 Å². The zero-order valence-corrected chi connectivity index (χ0v) is 9.06. The van der Waals surface area contributed by atoms with Gasteiger partial charge in [-0.2, -0.15) is 0 Å². The van der Waals surface area contributed by atoms with Gasteiger partial charge in [0.1, 0.15) is 11.6 Å². The van der Waals surface area contributed by atoms with Crippen molar-refractivity contribution in [2.24, 2.45) is 0 Å². The molecule has 0 spiro atoms. The minimum Gasteiger partial charge on any atom is -0.299 e. The van der Waals surface area contributed by atoms with Gasteiger partial charge in [-0.1, -0.05) is 24.1 Å². The van der Waals surface area contributed by atoms with E-state index in [1.54, 1.807) is 6.07 Å². The second-order valence-electron chi connectivity index (χ2n) is 3.93. The molecule has 2 rings (SSSR count). The van der Waals surface area contributed by atoms with Gasteiger partial charge in [0.2, 0.25) is 0 Å². The van der Waals surface area contributed by atoms with Gasteiger partial charge in [-0.15, -0.1) is 0 Å². The quantitative estimate of drug-likeness (QED) is 0.714. The summed E-state index contributed by atoms with van der Waals surface area (Å²) in [7, 11) is 0. The molecule has 1 saturated carbocycles. The first-order valence-corrected chi connectivity index (χ1v) is 5.54. The van der Waals surface area contributed by atoms with Crippen molar-refractivity contribution in [3.05, 3.63) is 34.6 Å². The second kappa shape index (κ2) is 4.31. The molecule has 1 fully saturated rings. The Morgan fingerprint density at radius 2 is 2.13 bits per heavy atom. The van der Waals surface area contributed by atoms with Crippen molar-refractivity contribution in [2.45, 2.75) is 31.6 Å². The molecule has 1 aromatic carbocycles. The number of halogens is 2.